The quantitative estimate of drug-likeness (QED) is 0.591. The Morgan fingerprint density at radius 1 is 1.33 bits per heavy atom. The van der Waals surface area contributed by atoms with Crippen LogP contribution in [0.3, 0.4) is 0 Å². The largest absolute Gasteiger partial charge is 0.396 e. The molecule has 0 aliphatic carbocycles. The molecule has 12 heavy (non-hydrogen) atoms. The molecular formula is C9H21NO2. The van der Waals surface area contributed by atoms with E-state index < -0.39 is 0 Å². The fourth-order valence-electron chi connectivity index (χ4n) is 1.19. The van der Waals surface area contributed by atoms with Crippen molar-refractivity contribution in [2.75, 3.05) is 26.8 Å². The molecule has 0 heterocycles. The zero-order chi connectivity index (χ0) is 9.40. The van der Waals surface area contributed by atoms with Crippen LogP contribution in [0.25, 0.3) is 0 Å². The van der Waals surface area contributed by atoms with E-state index in [1.807, 2.05) is 7.05 Å². The normalized spacial score (nSPS) is 13.8. The van der Waals surface area contributed by atoms with Crippen LogP contribution in [-0.4, -0.2) is 48.0 Å². The molecule has 0 aliphatic heterocycles. The van der Waals surface area contributed by atoms with Crippen molar-refractivity contribution in [3.05, 3.63) is 0 Å². The Balaban J connectivity index is 3.60. The first kappa shape index (κ1) is 11.9. The minimum absolute atomic E-state index is 0.126. The Bertz CT molecular complexity index is 98.5. The van der Waals surface area contributed by atoms with Gasteiger partial charge in [-0.3, -0.25) is 0 Å². The number of aliphatic hydroxyl groups excluding tert-OH is 2. The van der Waals surface area contributed by atoms with Crippen LogP contribution in [0.4, 0.5) is 0 Å². The summed E-state index contributed by atoms with van der Waals surface area (Å²) in [6, 6.07) is 0.126. The van der Waals surface area contributed by atoms with Crippen LogP contribution in [0.5, 0.6) is 0 Å². The number of hydrogen-bond acceptors (Lipinski definition) is 3. The molecule has 0 fully saturated rings. The molecule has 74 valence electrons. The number of likely N-dealkylation sites (N-methyl/N-ethyl adjacent to an activating group) is 1. The molecule has 0 radical (unpaired) electrons. The van der Waals surface area contributed by atoms with Gasteiger partial charge in [-0.1, -0.05) is 13.3 Å². The van der Waals surface area contributed by atoms with Gasteiger partial charge in [0, 0.05) is 12.6 Å². The summed E-state index contributed by atoms with van der Waals surface area (Å²) in [4.78, 5) is 2.11. The molecule has 3 heteroatoms. The standard InChI is InChI=1S/C9H21NO2/c1-3-4-6-10(2)9(8-12)5-7-11/h9,11-12H,3-8H2,1-2H3. The van der Waals surface area contributed by atoms with Gasteiger partial charge in [-0.05, 0) is 26.4 Å². The Morgan fingerprint density at radius 3 is 2.42 bits per heavy atom. The third-order valence-electron chi connectivity index (χ3n) is 2.16. The first-order chi connectivity index (χ1) is 5.76. The molecule has 2 N–H and O–H groups in total. The van der Waals surface area contributed by atoms with Gasteiger partial charge in [-0.2, -0.15) is 0 Å². The van der Waals surface area contributed by atoms with E-state index in [9.17, 15) is 0 Å². The molecule has 0 saturated carbocycles. The number of rotatable bonds is 7. The van der Waals surface area contributed by atoms with Gasteiger partial charge in [0.2, 0.25) is 0 Å². The number of nitrogens with zero attached hydrogens (tertiary/aromatic N) is 1. The fourth-order valence-corrected chi connectivity index (χ4v) is 1.19. The predicted octanol–water partition coefficient (Wildman–Crippen LogP) is 0.462. The van der Waals surface area contributed by atoms with E-state index in [-0.39, 0.29) is 19.3 Å². The Kier molecular flexibility index (Phi) is 7.45. The summed E-state index contributed by atoms with van der Waals surface area (Å²) in [5, 5.41) is 17.7. The molecule has 0 aromatic rings. The van der Waals surface area contributed by atoms with E-state index in [4.69, 9.17) is 10.2 Å². The fraction of sp³-hybridized carbons (Fsp3) is 1.00. The van der Waals surface area contributed by atoms with Crippen molar-refractivity contribution in [3.8, 4) is 0 Å². The maximum absolute atomic E-state index is 8.97. The lowest BCUT2D eigenvalue weighted by Gasteiger charge is -2.25. The molecule has 0 aliphatic rings. The summed E-state index contributed by atoms with van der Waals surface area (Å²) in [5.74, 6) is 0. The molecule has 0 rings (SSSR count). The molecule has 1 unspecified atom stereocenters. The third kappa shape index (κ3) is 4.70. The van der Waals surface area contributed by atoms with Crippen molar-refractivity contribution >= 4 is 0 Å². The topological polar surface area (TPSA) is 43.7 Å². The van der Waals surface area contributed by atoms with Crippen LogP contribution >= 0.6 is 0 Å². The lowest BCUT2D eigenvalue weighted by atomic mass is 10.2. The minimum Gasteiger partial charge on any atom is -0.396 e. The van der Waals surface area contributed by atoms with E-state index in [1.54, 1.807) is 0 Å². The van der Waals surface area contributed by atoms with E-state index in [1.165, 1.54) is 6.42 Å². The molecule has 0 bridgehead atoms. The Labute approximate surface area is 75.0 Å². The van der Waals surface area contributed by atoms with Gasteiger partial charge in [-0.15, -0.1) is 0 Å². The highest BCUT2D eigenvalue weighted by Crippen LogP contribution is 2.02. The van der Waals surface area contributed by atoms with Crippen molar-refractivity contribution in [1.82, 2.24) is 4.90 Å². The Morgan fingerprint density at radius 2 is 2.00 bits per heavy atom. The van der Waals surface area contributed by atoms with Crippen molar-refractivity contribution in [3.63, 3.8) is 0 Å². The number of hydrogen-bond donors (Lipinski definition) is 2. The van der Waals surface area contributed by atoms with Crippen LogP contribution in [0.15, 0.2) is 0 Å². The van der Waals surface area contributed by atoms with E-state index >= 15 is 0 Å². The van der Waals surface area contributed by atoms with Gasteiger partial charge >= 0.3 is 0 Å². The van der Waals surface area contributed by atoms with E-state index in [0.717, 1.165) is 13.0 Å². The second-order valence-electron chi connectivity index (χ2n) is 3.18. The summed E-state index contributed by atoms with van der Waals surface area (Å²) in [6.07, 6.45) is 2.98. The minimum atomic E-state index is 0.126. The summed E-state index contributed by atoms with van der Waals surface area (Å²) in [5.41, 5.74) is 0. The molecule has 0 aromatic heterocycles. The van der Waals surface area contributed by atoms with Crippen LogP contribution in [0.2, 0.25) is 0 Å². The monoisotopic (exact) mass is 175 g/mol. The molecule has 0 aromatic carbocycles. The van der Waals surface area contributed by atoms with Crippen LogP contribution < -0.4 is 0 Å². The third-order valence-corrected chi connectivity index (χ3v) is 2.16. The zero-order valence-corrected chi connectivity index (χ0v) is 8.16. The predicted molar refractivity (Wildman–Crippen MR) is 50.1 cm³/mol. The maximum atomic E-state index is 8.97. The summed E-state index contributed by atoms with van der Waals surface area (Å²) in [6.45, 7) is 3.44. The summed E-state index contributed by atoms with van der Waals surface area (Å²) in [7, 11) is 1.99. The van der Waals surface area contributed by atoms with Gasteiger partial charge in [0.25, 0.3) is 0 Å². The molecular weight excluding hydrogens is 154 g/mol. The lowest BCUT2D eigenvalue weighted by Crippen LogP contribution is -2.36. The van der Waals surface area contributed by atoms with E-state index in [2.05, 4.69) is 11.8 Å². The van der Waals surface area contributed by atoms with Crippen molar-refractivity contribution in [2.24, 2.45) is 0 Å². The maximum Gasteiger partial charge on any atom is 0.0587 e. The first-order valence-corrected chi connectivity index (χ1v) is 4.68. The first-order valence-electron chi connectivity index (χ1n) is 4.68. The summed E-state index contributed by atoms with van der Waals surface area (Å²) >= 11 is 0. The molecule has 3 nitrogen and oxygen atoms in total. The summed E-state index contributed by atoms with van der Waals surface area (Å²) < 4.78 is 0. The molecule has 0 amide bonds. The van der Waals surface area contributed by atoms with E-state index in [0.29, 0.717) is 6.42 Å². The highest BCUT2D eigenvalue weighted by molar-refractivity contribution is 4.66. The molecule has 0 spiro atoms. The number of unbranched alkanes of at least 4 members (excludes halogenated alkanes) is 1. The van der Waals surface area contributed by atoms with Gasteiger partial charge in [0.05, 0.1) is 6.61 Å². The van der Waals surface area contributed by atoms with Crippen LogP contribution in [-0.2, 0) is 0 Å². The van der Waals surface area contributed by atoms with Crippen molar-refractivity contribution in [2.45, 2.75) is 32.2 Å². The number of aliphatic hydroxyl groups is 2. The van der Waals surface area contributed by atoms with Gasteiger partial charge in [-0.25, -0.2) is 0 Å². The molecule has 0 saturated heterocycles. The smallest absolute Gasteiger partial charge is 0.0587 e. The van der Waals surface area contributed by atoms with Gasteiger partial charge in [0.15, 0.2) is 0 Å². The van der Waals surface area contributed by atoms with Gasteiger partial charge in [0.1, 0.15) is 0 Å². The molecule has 1 atom stereocenters. The zero-order valence-electron chi connectivity index (χ0n) is 8.16. The van der Waals surface area contributed by atoms with Crippen molar-refractivity contribution < 1.29 is 10.2 Å². The Hall–Kier alpha value is -0.120. The van der Waals surface area contributed by atoms with Crippen LogP contribution in [0, 0.1) is 0 Å². The van der Waals surface area contributed by atoms with Crippen LogP contribution in [0.1, 0.15) is 26.2 Å². The average molecular weight is 175 g/mol. The van der Waals surface area contributed by atoms with Crippen molar-refractivity contribution in [1.29, 1.82) is 0 Å². The second-order valence-corrected chi connectivity index (χ2v) is 3.18. The SMILES string of the molecule is CCCCN(C)C(CO)CCO. The van der Waals surface area contributed by atoms with Gasteiger partial charge < -0.3 is 15.1 Å². The lowest BCUT2D eigenvalue weighted by molar-refractivity contribution is 0.118. The highest BCUT2D eigenvalue weighted by Gasteiger charge is 2.11. The second kappa shape index (κ2) is 7.53. The average Bonchev–Trinajstić information content (AvgIpc) is 2.10. The highest BCUT2D eigenvalue weighted by atomic mass is 16.3.